The first-order valence-corrected chi connectivity index (χ1v) is 6.66. The van der Waals surface area contributed by atoms with Gasteiger partial charge in [-0.2, -0.15) is 5.26 Å². The van der Waals surface area contributed by atoms with Gasteiger partial charge in [0.15, 0.2) is 0 Å². The van der Waals surface area contributed by atoms with Crippen LogP contribution in [0.1, 0.15) is 50.4 Å². The molecule has 0 unspecified atom stereocenters. The molecule has 0 aromatic carbocycles. The maximum atomic E-state index is 9.32. The molecular formula is C15H21N3. The fraction of sp³-hybridized carbons (Fsp3) is 0.600. The SMILES string of the molecule is CCC(C)(C)N(C)c1nc2c(cc1C#N)CCC2. The van der Waals surface area contributed by atoms with Crippen LogP contribution in [0.15, 0.2) is 6.07 Å². The Labute approximate surface area is 109 Å². The monoisotopic (exact) mass is 243 g/mol. The van der Waals surface area contributed by atoms with Crippen molar-refractivity contribution < 1.29 is 0 Å². The zero-order valence-electron chi connectivity index (χ0n) is 11.7. The lowest BCUT2D eigenvalue weighted by Crippen LogP contribution is -2.41. The Bertz CT molecular complexity index is 497. The smallest absolute Gasteiger partial charge is 0.147 e. The largest absolute Gasteiger partial charge is 0.353 e. The fourth-order valence-electron chi connectivity index (χ4n) is 2.32. The Morgan fingerprint density at radius 3 is 2.78 bits per heavy atom. The number of hydrogen-bond donors (Lipinski definition) is 0. The molecular weight excluding hydrogens is 222 g/mol. The number of nitriles is 1. The molecule has 0 aliphatic heterocycles. The molecule has 18 heavy (non-hydrogen) atoms. The molecule has 3 heteroatoms. The molecule has 0 atom stereocenters. The molecule has 0 saturated carbocycles. The summed E-state index contributed by atoms with van der Waals surface area (Å²) in [4.78, 5) is 6.88. The van der Waals surface area contributed by atoms with E-state index in [-0.39, 0.29) is 5.54 Å². The number of anilines is 1. The van der Waals surface area contributed by atoms with Crippen LogP contribution in [0.3, 0.4) is 0 Å². The average molecular weight is 243 g/mol. The van der Waals surface area contributed by atoms with Crippen LogP contribution < -0.4 is 4.90 Å². The Morgan fingerprint density at radius 2 is 2.17 bits per heavy atom. The van der Waals surface area contributed by atoms with Crippen molar-refractivity contribution in [1.29, 1.82) is 5.26 Å². The average Bonchev–Trinajstić information content (AvgIpc) is 2.83. The molecule has 0 amide bonds. The van der Waals surface area contributed by atoms with Crippen LogP contribution in [0.25, 0.3) is 0 Å². The quantitative estimate of drug-likeness (QED) is 0.819. The first-order valence-electron chi connectivity index (χ1n) is 6.66. The predicted molar refractivity (Wildman–Crippen MR) is 73.8 cm³/mol. The molecule has 96 valence electrons. The third-order valence-corrected chi connectivity index (χ3v) is 4.24. The molecule has 0 radical (unpaired) electrons. The minimum atomic E-state index is 0.0193. The molecule has 1 heterocycles. The summed E-state index contributed by atoms with van der Waals surface area (Å²) in [5, 5.41) is 9.32. The van der Waals surface area contributed by atoms with E-state index in [0.717, 1.165) is 31.5 Å². The molecule has 1 aliphatic rings. The maximum Gasteiger partial charge on any atom is 0.147 e. The number of aromatic nitrogens is 1. The van der Waals surface area contributed by atoms with Gasteiger partial charge in [0.2, 0.25) is 0 Å². The number of hydrogen-bond acceptors (Lipinski definition) is 3. The summed E-state index contributed by atoms with van der Waals surface area (Å²) in [5.74, 6) is 0.838. The van der Waals surface area contributed by atoms with Crippen molar-refractivity contribution in [1.82, 2.24) is 4.98 Å². The first kappa shape index (κ1) is 12.9. The molecule has 1 aromatic rings. The second-order valence-electron chi connectivity index (χ2n) is 5.66. The minimum absolute atomic E-state index is 0.0193. The van der Waals surface area contributed by atoms with E-state index < -0.39 is 0 Å². The van der Waals surface area contributed by atoms with Gasteiger partial charge in [0.25, 0.3) is 0 Å². The zero-order chi connectivity index (χ0) is 13.3. The van der Waals surface area contributed by atoms with Crippen molar-refractivity contribution in [3.63, 3.8) is 0 Å². The van der Waals surface area contributed by atoms with Crippen molar-refractivity contribution in [2.45, 2.75) is 52.0 Å². The zero-order valence-corrected chi connectivity index (χ0v) is 11.7. The van der Waals surface area contributed by atoms with Crippen LogP contribution >= 0.6 is 0 Å². The standard InChI is InChI=1S/C15H21N3/c1-5-15(2,3)18(4)14-12(10-16)9-11-7-6-8-13(11)17-14/h9H,5-8H2,1-4H3. The number of fused-ring (bicyclic) bond motifs is 1. The van der Waals surface area contributed by atoms with E-state index >= 15 is 0 Å². The molecule has 3 nitrogen and oxygen atoms in total. The summed E-state index contributed by atoms with van der Waals surface area (Å²) in [6.45, 7) is 6.53. The van der Waals surface area contributed by atoms with E-state index in [4.69, 9.17) is 4.98 Å². The van der Waals surface area contributed by atoms with Gasteiger partial charge < -0.3 is 4.90 Å². The van der Waals surface area contributed by atoms with Crippen molar-refractivity contribution in [2.24, 2.45) is 0 Å². The fourth-order valence-corrected chi connectivity index (χ4v) is 2.32. The minimum Gasteiger partial charge on any atom is -0.353 e. The first-order chi connectivity index (χ1) is 8.49. The third-order valence-electron chi connectivity index (χ3n) is 4.24. The van der Waals surface area contributed by atoms with Gasteiger partial charge in [-0.05, 0) is 51.2 Å². The van der Waals surface area contributed by atoms with Gasteiger partial charge >= 0.3 is 0 Å². The van der Waals surface area contributed by atoms with Crippen LogP contribution in [-0.2, 0) is 12.8 Å². The highest BCUT2D eigenvalue weighted by molar-refractivity contribution is 5.57. The molecule has 1 aliphatic carbocycles. The van der Waals surface area contributed by atoms with E-state index in [1.165, 1.54) is 11.3 Å². The number of nitrogens with zero attached hydrogens (tertiary/aromatic N) is 3. The molecule has 2 rings (SSSR count). The summed E-state index contributed by atoms with van der Waals surface area (Å²) < 4.78 is 0. The van der Waals surface area contributed by atoms with E-state index in [2.05, 4.69) is 31.7 Å². The predicted octanol–water partition coefficient (Wildman–Crippen LogP) is 3.07. The maximum absolute atomic E-state index is 9.32. The van der Waals surface area contributed by atoms with Crippen LogP contribution in [0.5, 0.6) is 0 Å². The summed E-state index contributed by atoms with van der Waals surface area (Å²) in [6.07, 6.45) is 4.30. The Hall–Kier alpha value is -1.56. The normalized spacial score (nSPS) is 14.2. The van der Waals surface area contributed by atoms with Gasteiger partial charge in [-0.25, -0.2) is 4.98 Å². The summed E-state index contributed by atoms with van der Waals surface area (Å²) in [5.41, 5.74) is 3.17. The van der Waals surface area contributed by atoms with Gasteiger partial charge in [0, 0.05) is 18.3 Å². The molecule has 0 saturated heterocycles. The highest BCUT2D eigenvalue weighted by Crippen LogP contribution is 2.30. The van der Waals surface area contributed by atoms with Crippen molar-refractivity contribution in [3.8, 4) is 6.07 Å². The summed E-state index contributed by atoms with van der Waals surface area (Å²) >= 11 is 0. The Balaban J connectivity index is 2.48. The number of aryl methyl sites for hydroxylation is 2. The van der Waals surface area contributed by atoms with Crippen molar-refractivity contribution >= 4 is 5.82 Å². The summed E-state index contributed by atoms with van der Waals surface area (Å²) in [7, 11) is 2.04. The van der Waals surface area contributed by atoms with Gasteiger partial charge in [-0.15, -0.1) is 0 Å². The third kappa shape index (κ3) is 2.08. The summed E-state index contributed by atoms with van der Waals surface area (Å²) in [6, 6.07) is 4.33. The number of rotatable bonds is 3. The van der Waals surface area contributed by atoms with E-state index in [0.29, 0.717) is 5.56 Å². The second-order valence-corrected chi connectivity index (χ2v) is 5.66. The molecule has 0 N–H and O–H groups in total. The van der Waals surface area contributed by atoms with Gasteiger partial charge in [0.05, 0.1) is 5.56 Å². The second kappa shape index (κ2) is 4.61. The van der Waals surface area contributed by atoms with Crippen LogP contribution in [0, 0.1) is 11.3 Å². The van der Waals surface area contributed by atoms with Gasteiger partial charge in [-0.1, -0.05) is 6.92 Å². The van der Waals surface area contributed by atoms with Crippen molar-refractivity contribution in [2.75, 3.05) is 11.9 Å². The highest BCUT2D eigenvalue weighted by atomic mass is 15.2. The van der Waals surface area contributed by atoms with Crippen molar-refractivity contribution in [3.05, 3.63) is 22.9 Å². The van der Waals surface area contributed by atoms with Crippen LogP contribution in [-0.4, -0.2) is 17.6 Å². The van der Waals surface area contributed by atoms with Gasteiger partial charge in [-0.3, -0.25) is 0 Å². The van der Waals surface area contributed by atoms with Crippen LogP contribution in [0.4, 0.5) is 5.82 Å². The molecule has 0 fully saturated rings. The number of pyridine rings is 1. The lowest BCUT2D eigenvalue weighted by Gasteiger charge is -2.36. The van der Waals surface area contributed by atoms with Gasteiger partial charge in [0.1, 0.15) is 11.9 Å². The highest BCUT2D eigenvalue weighted by Gasteiger charge is 2.26. The van der Waals surface area contributed by atoms with E-state index in [1.54, 1.807) is 0 Å². The molecule has 0 bridgehead atoms. The lowest BCUT2D eigenvalue weighted by molar-refractivity contribution is 0.466. The van der Waals surface area contributed by atoms with E-state index in [1.807, 2.05) is 13.1 Å². The van der Waals surface area contributed by atoms with Crippen LogP contribution in [0.2, 0.25) is 0 Å². The Morgan fingerprint density at radius 1 is 1.44 bits per heavy atom. The Kier molecular flexibility index (Phi) is 3.30. The molecule has 0 spiro atoms. The topological polar surface area (TPSA) is 39.9 Å². The molecule has 1 aromatic heterocycles. The lowest BCUT2D eigenvalue weighted by atomic mass is 9.99. The van der Waals surface area contributed by atoms with E-state index in [9.17, 15) is 5.26 Å².